The second-order valence-electron chi connectivity index (χ2n) is 15.2. The molecule has 0 saturated heterocycles. The van der Waals surface area contributed by atoms with Crippen molar-refractivity contribution in [3.05, 3.63) is 211 Å². The quantitative estimate of drug-likeness (QED) is 0.164. The molecule has 0 N–H and O–H groups in total. The fraction of sp³-hybridized carbons (Fsp3) is 0.0556. The Hall–Kier alpha value is -7.23. The molecule has 10 rings (SSSR count). The van der Waals surface area contributed by atoms with E-state index in [9.17, 15) is 0 Å². The fourth-order valence-corrected chi connectivity index (χ4v) is 8.54. The Labute approximate surface area is 334 Å². The molecule has 0 aliphatic heterocycles. The highest BCUT2D eigenvalue weighted by molar-refractivity contribution is 5.99. The molecule has 3 heteroatoms. The molecule has 0 spiro atoms. The van der Waals surface area contributed by atoms with Gasteiger partial charge in [-0.3, -0.25) is 0 Å². The molecular weight excluding hydrogens is 691 g/mol. The molecule has 57 heavy (non-hydrogen) atoms. The summed E-state index contributed by atoms with van der Waals surface area (Å²) in [6.45, 7) is 4.76. The topological polar surface area (TPSA) is 38.7 Å². The summed E-state index contributed by atoms with van der Waals surface area (Å²) in [6.07, 6.45) is 0. The van der Waals surface area contributed by atoms with E-state index < -0.39 is 0 Å². The van der Waals surface area contributed by atoms with Crippen molar-refractivity contribution in [1.29, 1.82) is 0 Å². The second-order valence-corrected chi connectivity index (χ2v) is 15.2. The van der Waals surface area contributed by atoms with Gasteiger partial charge < -0.3 is 0 Å². The average Bonchev–Trinajstić information content (AvgIpc) is 3.53. The van der Waals surface area contributed by atoms with Gasteiger partial charge in [0.1, 0.15) is 0 Å². The van der Waals surface area contributed by atoms with Crippen LogP contribution in [0.25, 0.3) is 89.8 Å². The van der Waals surface area contributed by atoms with Gasteiger partial charge in [-0.05, 0) is 97.1 Å². The summed E-state index contributed by atoms with van der Waals surface area (Å²) in [6, 6.07) is 71.0. The van der Waals surface area contributed by atoms with E-state index in [0.29, 0.717) is 17.5 Å². The summed E-state index contributed by atoms with van der Waals surface area (Å²) in [4.78, 5) is 15.3. The van der Waals surface area contributed by atoms with Crippen LogP contribution in [0.15, 0.2) is 200 Å². The number of hydrogen-bond acceptors (Lipinski definition) is 3. The molecule has 0 radical (unpaired) electrons. The van der Waals surface area contributed by atoms with E-state index in [1.165, 1.54) is 50.1 Å². The Balaban J connectivity index is 1.23. The molecule has 1 aliphatic rings. The summed E-state index contributed by atoms with van der Waals surface area (Å²) in [5.41, 5.74) is 17.2. The molecule has 0 atom stereocenters. The van der Waals surface area contributed by atoms with Crippen molar-refractivity contribution in [1.82, 2.24) is 15.0 Å². The third kappa shape index (κ3) is 6.24. The maximum absolute atomic E-state index is 5.17. The Morgan fingerprint density at radius 1 is 0.298 bits per heavy atom. The van der Waals surface area contributed by atoms with Gasteiger partial charge in [0, 0.05) is 22.1 Å². The van der Waals surface area contributed by atoms with Crippen LogP contribution in [0.2, 0.25) is 0 Å². The minimum absolute atomic E-state index is 0.246. The standard InChI is InChI=1S/C54H39N3/c1-54(2)48-30-18-29-45(49(48)47-35-42(37-21-10-4-11-22-37)34-46(50(47)54)38-23-12-5-13-24-38)43-31-41(36-19-8-3-9-20-36)32-44(33-43)53-56-51(39-25-14-6-15-26-39)55-52(57-53)40-27-16-7-17-28-40/h3-35H,1-2H3. The van der Waals surface area contributed by atoms with Gasteiger partial charge in [0.25, 0.3) is 0 Å². The highest BCUT2D eigenvalue weighted by Gasteiger charge is 2.39. The molecule has 0 bridgehead atoms. The maximum Gasteiger partial charge on any atom is 0.164 e. The highest BCUT2D eigenvalue weighted by atomic mass is 15.0. The Bertz CT molecular complexity index is 2830. The number of aromatic nitrogens is 3. The zero-order valence-electron chi connectivity index (χ0n) is 31.9. The van der Waals surface area contributed by atoms with Crippen LogP contribution in [0.4, 0.5) is 0 Å². The van der Waals surface area contributed by atoms with Gasteiger partial charge in [-0.1, -0.05) is 184 Å². The molecule has 1 heterocycles. The minimum Gasteiger partial charge on any atom is -0.208 e. The number of fused-ring (bicyclic) bond motifs is 3. The third-order valence-electron chi connectivity index (χ3n) is 11.3. The van der Waals surface area contributed by atoms with Crippen LogP contribution in [-0.2, 0) is 5.41 Å². The van der Waals surface area contributed by atoms with Crippen LogP contribution >= 0.6 is 0 Å². The molecule has 1 aliphatic carbocycles. The first-order valence-corrected chi connectivity index (χ1v) is 19.5. The SMILES string of the molecule is CC1(C)c2cccc(-c3cc(-c4ccccc4)cc(-c4nc(-c5ccccc5)nc(-c5ccccc5)n4)c3)c2-c2cc(-c3ccccc3)cc(-c3ccccc3)c21. The lowest BCUT2D eigenvalue weighted by atomic mass is 9.78. The Morgan fingerprint density at radius 3 is 1.23 bits per heavy atom. The van der Waals surface area contributed by atoms with E-state index >= 15 is 0 Å². The minimum atomic E-state index is -0.246. The smallest absolute Gasteiger partial charge is 0.164 e. The molecule has 0 unspecified atom stereocenters. The molecule has 0 amide bonds. The van der Waals surface area contributed by atoms with E-state index in [4.69, 9.17) is 15.0 Å². The molecule has 9 aromatic rings. The van der Waals surface area contributed by atoms with Crippen LogP contribution < -0.4 is 0 Å². The van der Waals surface area contributed by atoms with E-state index in [-0.39, 0.29) is 5.41 Å². The van der Waals surface area contributed by atoms with Crippen molar-refractivity contribution in [3.63, 3.8) is 0 Å². The van der Waals surface area contributed by atoms with Gasteiger partial charge in [0.05, 0.1) is 0 Å². The molecule has 1 aromatic heterocycles. The second kappa shape index (κ2) is 14.1. The predicted molar refractivity (Wildman–Crippen MR) is 235 cm³/mol. The van der Waals surface area contributed by atoms with Crippen molar-refractivity contribution < 1.29 is 0 Å². The van der Waals surface area contributed by atoms with Crippen LogP contribution in [0.3, 0.4) is 0 Å². The maximum atomic E-state index is 5.17. The van der Waals surface area contributed by atoms with Gasteiger partial charge in [-0.2, -0.15) is 0 Å². The largest absolute Gasteiger partial charge is 0.208 e. The summed E-state index contributed by atoms with van der Waals surface area (Å²) < 4.78 is 0. The molecule has 0 saturated carbocycles. The lowest BCUT2D eigenvalue weighted by molar-refractivity contribution is 0.662. The summed E-state index contributed by atoms with van der Waals surface area (Å²) in [5.74, 6) is 1.92. The molecular formula is C54H39N3. The average molecular weight is 730 g/mol. The number of nitrogens with zero attached hydrogens (tertiary/aromatic N) is 3. The normalized spacial score (nSPS) is 12.5. The molecule has 3 nitrogen and oxygen atoms in total. The van der Waals surface area contributed by atoms with E-state index in [1.54, 1.807) is 0 Å². The van der Waals surface area contributed by atoms with Gasteiger partial charge in [-0.25, -0.2) is 15.0 Å². The first-order valence-electron chi connectivity index (χ1n) is 19.5. The summed E-state index contributed by atoms with van der Waals surface area (Å²) in [7, 11) is 0. The van der Waals surface area contributed by atoms with E-state index in [0.717, 1.165) is 33.4 Å². The van der Waals surface area contributed by atoms with Gasteiger partial charge in [-0.15, -0.1) is 0 Å². The first-order chi connectivity index (χ1) is 28.0. The fourth-order valence-electron chi connectivity index (χ4n) is 8.54. The van der Waals surface area contributed by atoms with Crippen molar-refractivity contribution in [2.75, 3.05) is 0 Å². The summed E-state index contributed by atoms with van der Waals surface area (Å²) in [5, 5.41) is 0. The van der Waals surface area contributed by atoms with Crippen LogP contribution in [0.1, 0.15) is 25.0 Å². The van der Waals surface area contributed by atoms with Gasteiger partial charge in [0.15, 0.2) is 17.5 Å². The number of rotatable bonds is 7. The lowest BCUT2D eigenvalue weighted by Gasteiger charge is -2.25. The highest BCUT2D eigenvalue weighted by Crippen LogP contribution is 2.56. The van der Waals surface area contributed by atoms with Crippen molar-refractivity contribution in [2.24, 2.45) is 0 Å². The monoisotopic (exact) mass is 729 g/mol. The molecule has 8 aromatic carbocycles. The molecule has 270 valence electrons. The van der Waals surface area contributed by atoms with E-state index in [1.807, 2.05) is 36.4 Å². The van der Waals surface area contributed by atoms with Crippen LogP contribution in [-0.4, -0.2) is 15.0 Å². The van der Waals surface area contributed by atoms with Crippen LogP contribution in [0, 0.1) is 0 Å². The van der Waals surface area contributed by atoms with Gasteiger partial charge >= 0.3 is 0 Å². The Morgan fingerprint density at radius 2 is 0.702 bits per heavy atom. The third-order valence-corrected chi connectivity index (χ3v) is 11.3. The zero-order valence-corrected chi connectivity index (χ0v) is 31.9. The number of hydrogen-bond donors (Lipinski definition) is 0. The Kier molecular flexibility index (Phi) is 8.49. The van der Waals surface area contributed by atoms with Crippen LogP contribution in [0.5, 0.6) is 0 Å². The van der Waals surface area contributed by atoms with Crippen molar-refractivity contribution in [3.8, 4) is 89.8 Å². The summed E-state index contributed by atoms with van der Waals surface area (Å²) >= 11 is 0. The predicted octanol–water partition coefficient (Wildman–Crippen LogP) is 13.8. The van der Waals surface area contributed by atoms with Crippen molar-refractivity contribution >= 4 is 0 Å². The molecule has 0 fully saturated rings. The first kappa shape index (κ1) is 34.3. The lowest BCUT2D eigenvalue weighted by Crippen LogP contribution is -2.16. The van der Waals surface area contributed by atoms with Crippen molar-refractivity contribution in [2.45, 2.75) is 19.3 Å². The number of benzene rings is 8. The zero-order chi connectivity index (χ0) is 38.3. The van der Waals surface area contributed by atoms with E-state index in [2.05, 4.69) is 178 Å². The van der Waals surface area contributed by atoms with Gasteiger partial charge in [0.2, 0.25) is 0 Å².